The van der Waals surface area contributed by atoms with E-state index in [1.54, 1.807) is 5.01 Å². The second kappa shape index (κ2) is 9.20. The van der Waals surface area contributed by atoms with Gasteiger partial charge in [-0.05, 0) is 6.07 Å². The first-order chi connectivity index (χ1) is 16.2. The molecule has 2 aliphatic heterocycles. The third-order valence-electron chi connectivity index (χ3n) is 5.78. The van der Waals surface area contributed by atoms with Gasteiger partial charge in [-0.3, -0.25) is 19.4 Å². The quantitative estimate of drug-likeness (QED) is 0.550. The van der Waals surface area contributed by atoms with Crippen LogP contribution < -0.4 is 15.8 Å². The molecule has 10 nitrogen and oxygen atoms in total. The highest BCUT2D eigenvalue weighted by Crippen LogP contribution is 2.34. The number of aromatic hydroxyl groups is 1. The Morgan fingerprint density at radius 1 is 1.29 bits per heavy atom. The van der Waals surface area contributed by atoms with E-state index in [-0.39, 0.29) is 43.3 Å². The van der Waals surface area contributed by atoms with Crippen LogP contribution in [0.1, 0.15) is 38.2 Å². The summed E-state index contributed by atoms with van der Waals surface area (Å²) in [6, 6.07) is 2.06. The number of hydrogen-bond donors (Lipinski definition) is 2. The Hall–Kier alpha value is -3.22. The molecule has 0 bridgehead atoms. The number of hydrogen-bond acceptors (Lipinski definition) is 7. The number of nitrogens with one attached hydrogen (secondary N) is 1. The van der Waals surface area contributed by atoms with E-state index in [0.717, 1.165) is 12.1 Å². The molecule has 34 heavy (non-hydrogen) atoms. The first kappa shape index (κ1) is 23.9. The van der Waals surface area contributed by atoms with Gasteiger partial charge in [-0.15, -0.1) is 0 Å². The average molecular weight is 499 g/mol. The van der Waals surface area contributed by atoms with Crippen molar-refractivity contribution in [3.05, 3.63) is 61.5 Å². The summed E-state index contributed by atoms with van der Waals surface area (Å²) in [5.41, 5.74) is -1.80. The minimum absolute atomic E-state index is 0.0927. The van der Waals surface area contributed by atoms with E-state index in [4.69, 9.17) is 21.1 Å². The molecule has 0 fully saturated rings. The van der Waals surface area contributed by atoms with E-state index in [0.29, 0.717) is 0 Å². The Bertz CT molecular complexity index is 1240. The van der Waals surface area contributed by atoms with E-state index in [2.05, 4.69) is 5.32 Å². The molecule has 1 atom stereocenters. The molecule has 0 aliphatic carbocycles. The number of methoxy groups -OCH3 is 2. The van der Waals surface area contributed by atoms with Crippen molar-refractivity contribution in [2.45, 2.75) is 12.6 Å². The maximum absolute atomic E-state index is 14.2. The number of aromatic nitrogens is 1. The van der Waals surface area contributed by atoms with Crippen LogP contribution >= 0.6 is 11.6 Å². The lowest BCUT2D eigenvalue weighted by Crippen LogP contribution is -2.53. The number of halogens is 3. The van der Waals surface area contributed by atoms with Gasteiger partial charge in [0.25, 0.3) is 11.8 Å². The van der Waals surface area contributed by atoms with Gasteiger partial charge in [0.2, 0.25) is 5.43 Å². The summed E-state index contributed by atoms with van der Waals surface area (Å²) >= 11 is 5.57. The molecule has 4 rings (SSSR count). The van der Waals surface area contributed by atoms with Crippen LogP contribution in [-0.2, 0) is 16.0 Å². The second-order valence-electron chi connectivity index (χ2n) is 7.73. The van der Waals surface area contributed by atoms with Gasteiger partial charge >= 0.3 is 0 Å². The predicted octanol–water partition coefficient (Wildman–Crippen LogP) is 1.11. The summed E-state index contributed by atoms with van der Waals surface area (Å²) in [4.78, 5) is 40.5. The predicted molar refractivity (Wildman–Crippen MR) is 116 cm³/mol. The van der Waals surface area contributed by atoms with Crippen LogP contribution in [0.15, 0.2) is 16.9 Å². The number of nitrogens with zero attached hydrogens (tertiary/aromatic N) is 3. The minimum Gasteiger partial charge on any atom is -0.502 e. The van der Waals surface area contributed by atoms with Crippen molar-refractivity contribution in [3.8, 4) is 5.75 Å². The summed E-state index contributed by atoms with van der Waals surface area (Å²) in [7, 11) is 2.87. The zero-order valence-corrected chi connectivity index (χ0v) is 19.0. The van der Waals surface area contributed by atoms with Crippen LogP contribution in [0.3, 0.4) is 0 Å². The highest BCUT2D eigenvalue weighted by Gasteiger charge is 2.44. The van der Waals surface area contributed by atoms with E-state index in [1.165, 1.54) is 23.8 Å². The molecule has 0 radical (unpaired) electrons. The Labute approximate surface area is 197 Å². The Morgan fingerprint density at radius 3 is 2.71 bits per heavy atom. The molecule has 1 aromatic heterocycles. The van der Waals surface area contributed by atoms with Crippen molar-refractivity contribution in [2.75, 3.05) is 45.6 Å². The topological polar surface area (TPSA) is 113 Å². The standard InChI is InChI=1S/C21H21ClF2N4O6/c1-33-6-5-26-9-27-8-12(34-2)16-13(18(29)19(30)17(21(26)32)28(16)27)20(31)25-7-10-3-4-11(23)14(22)15(10)24/h3-4,12,30H,5-9H2,1-2H3,(H,25,31). The first-order valence-electron chi connectivity index (χ1n) is 10.2. The zero-order valence-electron chi connectivity index (χ0n) is 18.2. The van der Waals surface area contributed by atoms with E-state index < -0.39 is 57.9 Å². The lowest BCUT2D eigenvalue weighted by atomic mass is 10.1. The summed E-state index contributed by atoms with van der Waals surface area (Å²) in [5, 5.41) is 14.0. The number of rotatable bonds is 7. The summed E-state index contributed by atoms with van der Waals surface area (Å²) in [5.74, 6) is -4.41. The molecule has 0 saturated heterocycles. The molecule has 2 aromatic rings. The molecular formula is C21H21ClF2N4O6. The summed E-state index contributed by atoms with van der Waals surface area (Å²) < 4.78 is 39.4. The molecule has 2 N–H and O–H groups in total. The fourth-order valence-electron chi connectivity index (χ4n) is 4.09. The number of amides is 2. The number of carbonyl (C=O) groups excluding carboxylic acids is 2. The average Bonchev–Trinajstić information content (AvgIpc) is 3.18. The van der Waals surface area contributed by atoms with E-state index in [9.17, 15) is 28.3 Å². The van der Waals surface area contributed by atoms with Gasteiger partial charge in [0, 0.05) is 32.9 Å². The highest BCUT2D eigenvalue weighted by molar-refractivity contribution is 6.30. The van der Waals surface area contributed by atoms with Crippen LogP contribution in [-0.4, -0.2) is 67.1 Å². The molecular weight excluding hydrogens is 478 g/mol. The molecule has 2 aliphatic rings. The van der Waals surface area contributed by atoms with Crippen LogP contribution in [0, 0.1) is 11.6 Å². The fraction of sp³-hybridized carbons (Fsp3) is 0.381. The Morgan fingerprint density at radius 2 is 2.03 bits per heavy atom. The minimum atomic E-state index is -1.07. The molecule has 0 saturated carbocycles. The van der Waals surface area contributed by atoms with Gasteiger partial charge < -0.3 is 24.8 Å². The normalized spacial score (nSPS) is 16.7. The second-order valence-corrected chi connectivity index (χ2v) is 8.11. The Balaban J connectivity index is 1.74. The van der Waals surface area contributed by atoms with Crippen molar-refractivity contribution < 1.29 is 33.0 Å². The summed E-state index contributed by atoms with van der Waals surface area (Å²) in [6.45, 7) is 0.379. The van der Waals surface area contributed by atoms with Gasteiger partial charge in [0.05, 0.1) is 18.8 Å². The van der Waals surface area contributed by atoms with Gasteiger partial charge in [-0.2, -0.15) is 0 Å². The van der Waals surface area contributed by atoms with Crippen LogP contribution in [0.2, 0.25) is 5.02 Å². The van der Waals surface area contributed by atoms with Crippen molar-refractivity contribution >= 4 is 23.4 Å². The maximum Gasteiger partial charge on any atom is 0.277 e. The molecule has 1 aromatic carbocycles. The van der Waals surface area contributed by atoms with E-state index in [1.807, 2.05) is 0 Å². The fourth-order valence-corrected chi connectivity index (χ4v) is 4.27. The first-order valence-corrected chi connectivity index (χ1v) is 10.6. The monoisotopic (exact) mass is 498 g/mol. The SMILES string of the molecule is COCCN1CN2CC(OC)c3c(C(=O)NCc4ccc(F)c(Cl)c4F)c(=O)c(O)c(n32)C1=O. The maximum atomic E-state index is 14.2. The molecule has 3 heterocycles. The smallest absolute Gasteiger partial charge is 0.277 e. The Kier molecular flexibility index (Phi) is 6.47. The largest absolute Gasteiger partial charge is 0.502 e. The molecule has 0 spiro atoms. The number of ether oxygens (including phenoxy) is 2. The van der Waals surface area contributed by atoms with Crippen molar-refractivity contribution in [2.24, 2.45) is 0 Å². The van der Waals surface area contributed by atoms with Crippen molar-refractivity contribution in [3.63, 3.8) is 0 Å². The van der Waals surface area contributed by atoms with Crippen molar-refractivity contribution in [1.29, 1.82) is 0 Å². The van der Waals surface area contributed by atoms with Crippen LogP contribution in [0.25, 0.3) is 0 Å². The van der Waals surface area contributed by atoms with Gasteiger partial charge in [0.1, 0.15) is 35.0 Å². The van der Waals surface area contributed by atoms with Crippen molar-refractivity contribution in [1.82, 2.24) is 14.9 Å². The highest BCUT2D eigenvalue weighted by atomic mass is 35.5. The summed E-state index contributed by atoms with van der Waals surface area (Å²) in [6.07, 6.45) is -0.764. The van der Waals surface area contributed by atoms with Crippen LogP contribution in [0.5, 0.6) is 5.75 Å². The zero-order chi connectivity index (χ0) is 24.7. The third kappa shape index (κ3) is 3.77. The molecule has 182 valence electrons. The third-order valence-corrected chi connectivity index (χ3v) is 6.13. The van der Waals surface area contributed by atoms with Gasteiger partial charge in [-0.25, -0.2) is 13.5 Å². The number of benzene rings is 1. The lowest BCUT2D eigenvalue weighted by molar-refractivity contribution is 0.0623. The lowest BCUT2D eigenvalue weighted by Gasteiger charge is -2.37. The molecule has 1 unspecified atom stereocenters. The molecule has 2 amide bonds. The number of carbonyl (C=O) groups is 2. The van der Waals surface area contributed by atoms with Crippen LogP contribution in [0.4, 0.5) is 8.78 Å². The number of pyridine rings is 1. The van der Waals surface area contributed by atoms with Gasteiger partial charge in [-0.1, -0.05) is 17.7 Å². The molecule has 13 heteroatoms. The van der Waals surface area contributed by atoms with Gasteiger partial charge in [0.15, 0.2) is 11.4 Å². The van der Waals surface area contributed by atoms with E-state index >= 15 is 0 Å².